The molecule has 0 amide bonds. The molecule has 0 heterocycles. The van der Waals surface area contributed by atoms with Crippen molar-refractivity contribution < 1.29 is 0 Å². The van der Waals surface area contributed by atoms with Crippen LogP contribution in [-0.2, 0) is 0 Å². The van der Waals surface area contributed by atoms with Crippen LogP contribution in [0.25, 0.3) is 0 Å². The molecule has 0 spiro atoms. The Morgan fingerprint density at radius 3 is 1.25 bits per heavy atom. The Labute approximate surface area is 121 Å². The molecule has 2 nitrogen and oxygen atoms in total. The quantitative estimate of drug-likeness (QED) is 0.850. The molecule has 2 aromatic rings. The van der Waals surface area contributed by atoms with Crippen molar-refractivity contribution in [1.29, 1.82) is 0 Å². The van der Waals surface area contributed by atoms with Crippen molar-refractivity contribution >= 4 is 11.4 Å². The average Bonchev–Trinajstić information content (AvgIpc) is 2.51. The van der Waals surface area contributed by atoms with Gasteiger partial charge < -0.3 is 10.6 Å². The van der Waals surface area contributed by atoms with Crippen LogP contribution in [0, 0.1) is 0 Å². The summed E-state index contributed by atoms with van der Waals surface area (Å²) < 4.78 is 0. The van der Waals surface area contributed by atoms with Gasteiger partial charge in [0, 0.05) is 23.5 Å². The highest BCUT2D eigenvalue weighted by Crippen LogP contribution is 2.24. The first kappa shape index (κ1) is 13.0. The maximum Gasteiger partial charge on any atom is 0.0342 e. The Morgan fingerprint density at radius 2 is 0.900 bits per heavy atom. The van der Waals surface area contributed by atoms with Gasteiger partial charge in [-0.3, -0.25) is 0 Å². The predicted octanol–water partition coefficient (Wildman–Crippen LogP) is 4.52. The molecule has 1 fully saturated rings. The van der Waals surface area contributed by atoms with Crippen LogP contribution in [-0.4, -0.2) is 12.1 Å². The van der Waals surface area contributed by atoms with E-state index in [4.69, 9.17) is 0 Å². The summed E-state index contributed by atoms with van der Waals surface area (Å²) in [6, 6.07) is 22.3. The number of hydrogen-bond donors (Lipinski definition) is 2. The zero-order chi connectivity index (χ0) is 13.6. The average molecular weight is 266 g/mol. The number of rotatable bonds is 4. The fourth-order valence-electron chi connectivity index (χ4n) is 2.92. The lowest BCUT2D eigenvalue weighted by molar-refractivity contribution is 0.429. The van der Waals surface area contributed by atoms with Crippen LogP contribution in [0.2, 0.25) is 0 Å². The van der Waals surface area contributed by atoms with Crippen molar-refractivity contribution in [3.8, 4) is 0 Å². The predicted molar refractivity (Wildman–Crippen MR) is 86.2 cm³/mol. The minimum absolute atomic E-state index is 0.617. The molecule has 0 aliphatic heterocycles. The normalized spacial score (nSPS) is 22.2. The van der Waals surface area contributed by atoms with Gasteiger partial charge in [-0.25, -0.2) is 0 Å². The molecule has 1 aliphatic carbocycles. The fourth-order valence-corrected chi connectivity index (χ4v) is 2.92. The first-order valence-corrected chi connectivity index (χ1v) is 7.53. The third kappa shape index (κ3) is 3.53. The van der Waals surface area contributed by atoms with Crippen LogP contribution in [0.5, 0.6) is 0 Å². The number of hydrogen-bond acceptors (Lipinski definition) is 2. The molecule has 0 radical (unpaired) electrons. The van der Waals surface area contributed by atoms with E-state index in [9.17, 15) is 0 Å². The van der Waals surface area contributed by atoms with Gasteiger partial charge in [0.05, 0.1) is 0 Å². The van der Waals surface area contributed by atoms with Gasteiger partial charge in [0.1, 0.15) is 0 Å². The van der Waals surface area contributed by atoms with E-state index in [1.165, 1.54) is 37.1 Å². The minimum atomic E-state index is 0.617. The van der Waals surface area contributed by atoms with E-state index in [0.717, 1.165) is 0 Å². The second-order valence-corrected chi connectivity index (χ2v) is 5.57. The zero-order valence-electron chi connectivity index (χ0n) is 11.8. The first-order chi connectivity index (χ1) is 9.90. The van der Waals surface area contributed by atoms with Crippen LogP contribution < -0.4 is 10.6 Å². The van der Waals surface area contributed by atoms with E-state index < -0.39 is 0 Å². The molecule has 2 heteroatoms. The van der Waals surface area contributed by atoms with Crippen molar-refractivity contribution in [2.75, 3.05) is 10.6 Å². The minimum Gasteiger partial charge on any atom is -0.382 e. The van der Waals surface area contributed by atoms with Crippen molar-refractivity contribution in [3.05, 3.63) is 60.7 Å². The Balaban J connectivity index is 1.47. The van der Waals surface area contributed by atoms with E-state index in [-0.39, 0.29) is 0 Å². The maximum absolute atomic E-state index is 3.64. The SMILES string of the molecule is c1ccc(NC2CCC(Nc3ccccc3)CC2)cc1. The molecule has 1 aliphatic rings. The summed E-state index contributed by atoms with van der Waals surface area (Å²) in [4.78, 5) is 0. The monoisotopic (exact) mass is 266 g/mol. The third-order valence-electron chi connectivity index (χ3n) is 4.02. The smallest absolute Gasteiger partial charge is 0.0342 e. The van der Waals surface area contributed by atoms with Gasteiger partial charge in [-0.1, -0.05) is 36.4 Å². The molecule has 20 heavy (non-hydrogen) atoms. The second kappa shape index (κ2) is 6.47. The molecule has 0 atom stereocenters. The van der Waals surface area contributed by atoms with Crippen LogP contribution >= 0.6 is 0 Å². The summed E-state index contributed by atoms with van der Waals surface area (Å²) in [6.45, 7) is 0. The number of benzene rings is 2. The van der Waals surface area contributed by atoms with E-state index in [2.05, 4.69) is 71.3 Å². The Hall–Kier alpha value is -1.96. The molecular weight excluding hydrogens is 244 g/mol. The van der Waals surface area contributed by atoms with Gasteiger partial charge in [0.15, 0.2) is 0 Å². The zero-order valence-corrected chi connectivity index (χ0v) is 11.8. The third-order valence-corrected chi connectivity index (χ3v) is 4.02. The summed E-state index contributed by atoms with van der Waals surface area (Å²) in [7, 11) is 0. The summed E-state index contributed by atoms with van der Waals surface area (Å²) in [5.74, 6) is 0. The van der Waals surface area contributed by atoms with Gasteiger partial charge >= 0.3 is 0 Å². The molecule has 104 valence electrons. The highest BCUT2D eigenvalue weighted by atomic mass is 15.0. The van der Waals surface area contributed by atoms with Gasteiger partial charge in [-0.2, -0.15) is 0 Å². The van der Waals surface area contributed by atoms with Crippen molar-refractivity contribution in [1.82, 2.24) is 0 Å². The van der Waals surface area contributed by atoms with Crippen LogP contribution in [0.1, 0.15) is 25.7 Å². The summed E-state index contributed by atoms with van der Waals surface area (Å²) >= 11 is 0. The summed E-state index contributed by atoms with van der Waals surface area (Å²) in [5, 5.41) is 7.27. The van der Waals surface area contributed by atoms with Gasteiger partial charge in [0.25, 0.3) is 0 Å². The van der Waals surface area contributed by atoms with Crippen molar-refractivity contribution in [3.63, 3.8) is 0 Å². The lowest BCUT2D eigenvalue weighted by Crippen LogP contribution is -2.32. The Morgan fingerprint density at radius 1 is 0.550 bits per heavy atom. The first-order valence-electron chi connectivity index (χ1n) is 7.53. The van der Waals surface area contributed by atoms with E-state index in [1.54, 1.807) is 0 Å². The van der Waals surface area contributed by atoms with Crippen LogP contribution in [0.3, 0.4) is 0 Å². The van der Waals surface area contributed by atoms with Gasteiger partial charge in [-0.05, 0) is 49.9 Å². The number of nitrogens with one attached hydrogen (secondary N) is 2. The van der Waals surface area contributed by atoms with Crippen molar-refractivity contribution in [2.45, 2.75) is 37.8 Å². The van der Waals surface area contributed by atoms with Crippen molar-refractivity contribution in [2.24, 2.45) is 0 Å². The lowest BCUT2D eigenvalue weighted by Gasteiger charge is -2.30. The van der Waals surface area contributed by atoms with Gasteiger partial charge in [-0.15, -0.1) is 0 Å². The standard InChI is InChI=1S/C18H22N2/c1-3-7-15(8-4-1)19-17-11-13-18(14-12-17)20-16-9-5-2-6-10-16/h1-10,17-20H,11-14H2. The molecule has 0 aromatic heterocycles. The number of para-hydroxylation sites is 2. The molecule has 2 N–H and O–H groups in total. The van der Waals surface area contributed by atoms with Crippen LogP contribution in [0.4, 0.5) is 11.4 Å². The Bertz CT molecular complexity index is 452. The molecule has 0 unspecified atom stereocenters. The van der Waals surface area contributed by atoms with E-state index >= 15 is 0 Å². The second-order valence-electron chi connectivity index (χ2n) is 5.57. The molecule has 0 bridgehead atoms. The number of anilines is 2. The topological polar surface area (TPSA) is 24.1 Å². The van der Waals surface area contributed by atoms with E-state index in [0.29, 0.717) is 12.1 Å². The fraction of sp³-hybridized carbons (Fsp3) is 0.333. The summed E-state index contributed by atoms with van der Waals surface area (Å²) in [5.41, 5.74) is 2.49. The lowest BCUT2D eigenvalue weighted by atomic mass is 9.91. The highest BCUT2D eigenvalue weighted by Gasteiger charge is 2.20. The van der Waals surface area contributed by atoms with E-state index in [1.807, 2.05) is 0 Å². The summed E-state index contributed by atoms with van der Waals surface area (Å²) in [6.07, 6.45) is 4.94. The molecule has 1 saturated carbocycles. The molecular formula is C18H22N2. The van der Waals surface area contributed by atoms with Crippen LogP contribution in [0.15, 0.2) is 60.7 Å². The molecule has 0 saturated heterocycles. The Kier molecular flexibility index (Phi) is 4.22. The molecule has 2 aromatic carbocycles. The van der Waals surface area contributed by atoms with Gasteiger partial charge in [0.2, 0.25) is 0 Å². The largest absolute Gasteiger partial charge is 0.382 e. The maximum atomic E-state index is 3.64. The molecule has 3 rings (SSSR count). The highest BCUT2D eigenvalue weighted by molar-refractivity contribution is 5.45.